The van der Waals surface area contributed by atoms with E-state index in [9.17, 15) is 0 Å². The third-order valence-electron chi connectivity index (χ3n) is 4.68. The summed E-state index contributed by atoms with van der Waals surface area (Å²) >= 11 is 9.63. The summed E-state index contributed by atoms with van der Waals surface area (Å²) in [5, 5.41) is 0. The van der Waals surface area contributed by atoms with E-state index in [0.29, 0.717) is 5.88 Å². The molecule has 3 rings (SSSR count). The summed E-state index contributed by atoms with van der Waals surface area (Å²) in [6.45, 7) is 4.65. The van der Waals surface area contributed by atoms with Crippen molar-refractivity contribution in [1.29, 1.82) is 0 Å². The fourth-order valence-electron chi connectivity index (χ4n) is 3.57. The number of nitrogens with zero attached hydrogens (tertiary/aromatic N) is 2. The number of benzene rings is 1. The molecule has 1 aliphatic heterocycles. The van der Waals surface area contributed by atoms with E-state index in [1.165, 1.54) is 50.0 Å². The second kappa shape index (κ2) is 6.67. The van der Waals surface area contributed by atoms with Gasteiger partial charge in [-0.3, -0.25) is 4.90 Å². The fraction of sp³-hybridized carbons (Fsp3) is 0.625. The Morgan fingerprint density at radius 2 is 1.80 bits per heavy atom. The predicted octanol–water partition coefficient (Wildman–Crippen LogP) is 4.25. The van der Waals surface area contributed by atoms with Gasteiger partial charge in [-0.2, -0.15) is 0 Å². The van der Waals surface area contributed by atoms with Gasteiger partial charge in [-0.1, -0.05) is 28.8 Å². The molecule has 2 fully saturated rings. The van der Waals surface area contributed by atoms with E-state index in [1.807, 2.05) is 0 Å². The quantitative estimate of drug-likeness (QED) is 0.746. The zero-order valence-corrected chi connectivity index (χ0v) is 14.2. The first-order valence-corrected chi connectivity index (χ1v) is 8.94. The smallest absolute Gasteiger partial charge is 0.0494 e. The van der Waals surface area contributed by atoms with Gasteiger partial charge in [0.1, 0.15) is 0 Å². The SMILES string of the molecule is ClCc1cc(Br)ccc1N1CCN(C2CCCC2)CC1. The Kier molecular flexibility index (Phi) is 4.90. The van der Waals surface area contributed by atoms with Crippen LogP contribution in [0.5, 0.6) is 0 Å². The highest BCUT2D eigenvalue weighted by molar-refractivity contribution is 9.10. The highest BCUT2D eigenvalue weighted by Crippen LogP contribution is 2.29. The molecule has 1 saturated carbocycles. The van der Waals surface area contributed by atoms with E-state index < -0.39 is 0 Å². The minimum atomic E-state index is 0.581. The number of hydrogen-bond acceptors (Lipinski definition) is 2. The lowest BCUT2D eigenvalue weighted by Crippen LogP contribution is -2.49. The van der Waals surface area contributed by atoms with E-state index in [0.717, 1.165) is 23.6 Å². The zero-order chi connectivity index (χ0) is 13.9. The summed E-state index contributed by atoms with van der Waals surface area (Å²) in [5.41, 5.74) is 2.55. The summed E-state index contributed by atoms with van der Waals surface area (Å²) < 4.78 is 1.11. The van der Waals surface area contributed by atoms with Crippen molar-refractivity contribution in [2.75, 3.05) is 31.1 Å². The summed E-state index contributed by atoms with van der Waals surface area (Å²) in [6, 6.07) is 7.32. The van der Waals surface area contributed by atoms with Crippen LogP contribution >= 0.6 is 27.5 Å². The first-order valence-electron chi connectivity index (χ1n) is 7.61. The normalized spacial score (nSPS) is 21.6. The molecule has 1 saturated heterocycles. The lowest BCUT2D eigenvalue weighted by atomic mass is 10.1. The zero-order valence-electron chi connectivity index (χ0n) is 11.8. The van der Waals surface area contributed by atoms with E-state index in [4.69, 9.17) is 11.6 Å². The van der Waals surface area contributed by atoms with Gasteiger partial charge in [-0.25, -0.2) is 0 Å². The Morgan fingerprint density at radius 3 is 2.45 bits per heavy atom. The third kappa shape index (κ3) is 3.15. The molecular formula is C16H22BrClN2. The van der Waals surface area contributed by atoms with Crippen molar-refractivity contribution in [3.63, 3.8) is 0 Å². The minimum Gasteiger partial charge on any atom is -0.369 e. The van der Waals surface area contributed by atoms with Crippen molar-refractivity contribution in [2.24, 2.45) is 0 Å². The van der Waals surface area contributed by atoms with Crippen LogP contribution in [0.25, 0.3) is 0 Å². The Balaban J connectivity index is 1.65. The fourth-order valence-corrected chi connectivity index (χ4v) is 4.19. The van der Waals surface area contributed by atoms with Crippen LogP contribution in [0.1, 0.15) is 31.2 Å². The Morgan fingerprint density at radius 1 is 1.10 bits per heavy atom. The van der Waals surface area contributed by atoms with Crippen LogP contribution in [-0.2, 0) is 5.88 Å². The molecule has 0 unspecified atom stereocenters. The van der Waals surface area contributed by atoms with Crippen LogP contribution in [0.3, 0.4) is 0 Å². The first-order chi connectivity index (χ1) is 9.78. The molecule has 20 heavy (non-hydrogen) atoms. The van der Waals surface area contributed by atoms with E-state index in [1.54, 1.807) is 0 Å². The first kappa shape index (κ1) is 14.7. The number of hydrogen-bond donors (Lipinski definition) is 0. The van der Waals surface area contributed by atoms with Gasteiger partial charge in [0.25, 0.3) is 0 Å². The van der Waals surface area contributed by atoms with Crippen LogP contribution in [0.4, 0.5) is 5.69 Å². The van der Waals surface area contributed by atoms with Crippen LogP contribution in [0.2, 0.25) is 0 Å². The topological polar surface area (TPSA) is 6.48 Å². The van der Waals surface area contributed by atoms with Crippen molar-refractivity contribution in [3.8, 4) is 0 Å². The van der Waals surface area contributed by atoms with Crippen LogP contribution < -0.4 is 4.90 Å². The monoisotopic (exact) mass is 356 g/mol. The second-order valence-corrected chi connectivity index (χ2v) is 7.05. The van der Waals surface area contributed by atoms with Gasteiger partial charge in [-0.15, -0.1) is 11.6 Å². The summed E-state index contributed by atoms with van der Waals surface area (Å²) in [7, 11) is 0. The number of piperazine rings is 1. The molecule has 1 aromatic carbocycles. The molecule has 1 heterocycles. The number of rotatable bonds is 3. The molecule has 0 N–H and O–H groups in total. The van der Waals surface area contributed by atoms with Gasteiger partial charge >= 0.3 is 0 Å². The Labute approximate surface area is 135 Å². The molecule has 1 aromatic rings. The van der Waals surface area contributed by atoms with E-state index >= 15 is 0 Å². The highest BCUT2D eigenvalue weighted by Gasteiger charge is 2.26. The van der Waals surface area contributed by atoms with Crippen LogP contribution in [0.15, 0.2) is 22.7 Å². The molecule has 0 aromatic heterocycles. The largest absolute Gasteiger partial charge is 0.369 e. The lowest BCUT2D eigenvalue weighted by Gasteiger charge is -2.39. The van der Waals surface area contributed by atoms with E-state index in [-0.39, 0.29) is 0 Å². The van der Waals surface area contributed by atoms with Crippen LogP contribution in [0, 0.1) is 0 Å². The van der Waals surface area contributed by atoms with Gasteiger partial charge in [0.15, 0.2) is 0 Å². The van der Waals surface area contributed by atoms with Crippen molar-refractivity contribution in [1.82, 2.24) is 4.90 Å². The van der Waals surface area contributed by atoms with Gasteiger partial charge in [-0.05, 0) is 36.6 Å². The number of halogens is 2. The highest BCUT2D eigenvalue weighted by atomic mass is 79.9. The average Bonchev–Trinajstić information content (AvgIpc) is 3.01. The minimum absolute atomic E-state index is 0.581. The molecule has 0 amide bonds. The van der Waals surface area contributed by atoms with Gasteiger partial charge in [0, 0.05) is 48.3 Å². The van der Waals surface area contributed by atoms with Gasteiger partial charge in [0.2, 0.25) is 0 Å². The maximum Gasteiger partial charge on any atom is 0.0494 e. The summed E-state index contributed by atoms with van der Waals surface area (Å²) in [4.78, 5) is 5.19. The maximum atomic E-state index is 6.10. The third-order valence-corrected chi connectivity index (χ3v) is 5.46. The molecule has 0 bridgehead atoms. The molecule has 0 atom stereocenters. The molecule has 2 nitrogen and oxygen atoms in total. The average molecular weight is 358 g/mol. The van der Waals surface area contributed by atoms with Crippen molar-refractivity contribution in [2.45, 2.75) is 37.6 Å². The summed E-state index contributed by atoms with van der Waals surface area (Å²) in [6.07, 6.45) is 5.67. The van der Waals surface area contributed by atoms with Crippen molar-refractivity contribution < 1.29 is 0 Å². The maximum absolute atomic E-state index is 6.10. The molecule has 2 aliphatic rings. The van der Waals surface area contributed by atoms with E-state index in [2.05, 4.69) is 43.9 Å². The Bertz CT molecular complexity index is 452. The predicted molar refractivity (Wildman–Crippen MR) is 89.7 cm³/mol. The van der Waals surface area contributed by atoms with Gasteiger partial charge < -0.3 is 4.90 Å². The summed E-state index contributed by atoms with van der Waals surface area (Å²) in [5.74, 6) is 0.581. The second-order valence-electron chi connectivity index (χ2n) is 5.87. The molecule has 0 spiro atoms. The molecule has 0 radical (unpaired) electrons. The molecular weight excluding hydrogens is 336 g/mol. The van der Waals surface area contributed by atoms with Crippen molar-refractivity contribution in [3.05, 3.63) is 28.2 Å². The standard InChI is InChI=1S/C16H22BrClN2/c17-14-5-6-16(13(11-14)12-18)20-9-7-19(8-10-20)15-3-1-2-4-15/h5-6,11,15H,1-4,7-10,12H2. The number of anilines is 1. The van der Waals surface area contributed by atoms with Crippen LogP contribution in [-0.4, -0.2) is 37.1 Å². The molecule has 110 valence electrons. The number of alkyl halides is 1. The lowest BCUT2D eigenvalue weighted by molar-refractivity contribution is 0.187. The molecule has 4 heteroatoms. The molecule has 1 aliphatic carbocycles. The Hall–Kier alpha value is -0.250. The van der Waals surface area contributed by atoms with Crippen molar-refractivity contribution >= 4 is 33.2 Å². The van der Waals surface area contributed by atoms with Gasteiger partial charge in [0.05, 0.1) is 0 Å².